The summed E-state index contributed by atoms with van der Waals surface area (Å²) in [5.41, 5.74) is -0.431. The minimum atomic E-state index is -4.48. The number of fused-ring (bicyclic) bond motifs is 1. The van der Waals surface area contributed by atoms with Gasteiger partial charge in [-0.1, -0.05) is 0 Å². The third-order valence-electron chi connectivity index (χ3n) is 6.66. The van der Waals surface area contributed by atoms with Gasteiger partial charge in [0.15, 0.2) is 0 Å². The molecule has 0 radical (unpaired) electrons. The maximum absolute atomic E-state index is 13.1. The van der Waals surface area contributed by atoms with Gasteiger partial charge in [-0.05, 0) is 43.9 Å². The summed E-state index contributed by atoms with van der Waals surface area (Å²) >= 11 is 0. The quantitative estimate of drug-likeness (QED) is 0.663. The molecule has 34 heavy (non-hydrogen) atoms. The first-order valence-corrected chi connectivity index (χ1v) is 11.4. The van der Waals surface area contributed by atoms with Gasteiger partial charge in [-0.2, -0.15) is 13.2 Å². The van der Waals surface area contributed by atoms with Crippen LogP contribution in [0, 0.1) is 5.92 Å². The summed E-state index contributed by atoms with van der Waals surface area (Å²) < 4.78 is 39.2. The van der Waals surface area contributed by atoms with E-state index >= 15 is 0 Å². The number of likely N-dealkylation sites (tertiary alicyclic amines) is 1. The van der Waals surface area contributed by atoms with Crippen molar-refractivity contribution in [3.05, 3.63) is 30.1 Å². The fourth-order valence-electron chi connectivity index (χ4n) is 4.77. The number of benzene rings is 1. The molecule has 2 aliphatic rings. The van der Waals surface area contributed by atoms with Gasteiger partial charge in [-0.25, -0.2) is 9.97 Å². The van der Waals surface area contributed by atoms with E-state index in [4.69, 9.17) is 0 Å². The van der Waals surface area contributed by atoms with Crippen LogP contribution in [0.25, 0.3) is 10.9 Å². The molecule has 184 valence electrons. The molecule has 2 N–H and O–H groups in total. The number of nitrogens with zero attached hydrogens (tertiary/aromatic N) is 4. The van der Waals surface area contributed by atoms with Gasteiger partial charge < -0.3 is 15.5 Å². The molecule has 1 aliphatic carbocycles. The summed E-state index contributed by atoms with van der Waals surface area (Å²) in [4.78, 5) is 36.5. The summed E-state index contributed by atoms with van der Waals surface area (Å²) in [5.74, 6) is 0.249. The number of hydrogen-bond acceptors (Lipinski definition) is 6. The first-order valence-electron chi connectivity index (χ1n) is 11.4. The number of nitrogens with one attached hydrogen (secondary N) is 2. The van der Waals surface area contributed by atoms with E-state index in [0.717, 1.165) is 50.9 Å². The second-order valence-electron chi connectivity index (χ2n) is 9.26. The molecular weight excluding hydrogens is 449 g/mol. The lowest BCUT2D eigenvalue weighted by Crippen LogP contribution is -2.63. The molecule has 4 rings (SSSR count). The van der Waals surface area contributed by atoms with E-state index in [1.54, 1.807) is 19.0 Å². The van der Waals surface area contributed by atoms with Gasteiger partial charge in [0.2, 0.25) is 11.8 Å². The Balaban J connectivity index is 1.24. The Hall–Kier alpha value is -2.95. The van der Waals surface area contributed by atoms with Crippen LogP contribution in [-0.4, -0.2) is 77.4 Å². The minimum absolute atomic E-state index is 0.0365. The van der Waals surface area contributed by atoms with Gasteiger partial charge >= 0.3 is 6.18 Å². The number of carbonyl (C=O) groups excluding carboxylic acids is 2. The molecular formula is C23H29F3N6O2. The van der Waals surface area contributed by atoms with Crippen LogP contribution in [0.5, 0.6) is 0 Å². The molecule has 1 aromatic heterocycles. The van der Waals surface area contributed by atoms with E-state index in [1.807, 2.05) is 0 Å². The monoisotopic (exact) mass is 478 g/mol. The highest BCUT2D eigenvalue weighted by molar-refractivity contribution is 5.91. The van der Waals surface area contributed by atoms with Gasteiger partial charge in [0.05, 0.1) is 23.7 Å². The average Bonchev–Trinajstić information content (AvgIpc) is 2.78. The summed E-state index contributed by atoms with van der Waals surface area (Å²) in [6, 6.07) is 3.72. The second-order valence-corrected chi connectivity index (χ2v) is 9.26. The number of amides is 2. The fourth-order valence-corrected chi connectivity index (χ4v) is 4.77. The van der Waals surface area contributed by atoms with E-state index in [2.05, 4.69) is 25.5 Å². The molecule has 8 nitrogen and oxygen atoms in total. The summed E-state index contributed by atoms with van der Waals surface area (Å²) in [6.07, 6.45) is 0.515. The van der Waals surface area contributed by atoms with Crippen molar-refractivity contribution in [2.24, 2.45) is 5.92 Å². The largest absolute Gasteiger partial charge is 0.416 e. The third kappa shape index (κ3) is 5.40. The molecule has 2 aromatic rings. The molecule has 0 spiro atoms. The molecule has 2 amide bonds. The van der Waals surface area contributed by atoms with Crippen molar-refractivity contribution in [1.29, 1.82) is 0 Å². The normalized spacial score (nSPS) is 21.7. The maximum Gasteiger partial charge on any atom is 0.416 e. The zero-order valence-corrected chi connectivity index (χ0v) is 19.2. The molecule has 2 fully saturated rings. The molecule has 1 aromatic carbocycles. The van der Waals surface area contributed by atoms with Crippen LogP contribution < -0.4 is 10.6 Å². The zero-order chi connectivity index (χ0) is 24.5. The van der Waals surface area contributed by atoms with Crippen LogP contribution in [0.4, 0.5) is 19.0 Å². The van der Waals surface area contributed by atoms with Gasteiger partial charge in [-0.3, -0.25) is 14.5 Å². The Morgan fingerprint density at radius 1 is 1.12 bits per heavy atom. The highest BCUT2D eigenvalue weighted by Crippen LogP contribution is 2.33. The van der Waals surface area contributed by atoms with Crippen molar-refractivity contribution in [1.82, 2.24) is 25.1 Å². The zero-order valence-electron chi connectivity index (χ0n) is 19.2. The topological polar surface area (TPSA) is 90.5 Å². The number of carbonyl (C=O) groups is 2. The van der Waals surface area contributed by atoms with Gasteiger partial charge in [0.25, 0.3) is 0 Å². The van der Waals surface area contributed by atoms with Crippen LogP contribution in [-0.2, 0) is 15.8 Å². The first-order chi connectivity index (χ1) is 16.1. The predicted molar refractivity (Wildman–Crippen MR) is 121 cm³/mol. The number of hydrogen-bond donors (Lipinski definition) is 2. The number of halogens is 3. The Morgan fingerprint density at radius 3 is 2.47 bits per heavy atom. The molecule has 1 saturated heterocycles. The molecule has 1 saturated carbocycles. The highest BCUT2D eigenvalue weighted by atomic mass is 19.4. The van der Waals surface area contributed by atoms with Crippen LogP contribution in [0.3, 0.4) is 0 Å². The number of rotatable bonds is 6. The van der Waals surface area contributed by atoms with E-state index in [0.29, 0.717) is 11.6 Å². The molecule has 1 aliphatic heterocycles. The van der Waals surface area contributed by atoms with Crippen molar-refractivity contribution in [2.45, 2.75) is 43.9 Å². The number of anilines is 1. The molecule has 0 atom stereocenters. The smallest absolute Gasteiger partial charge is 0.360 e. The molecule has 2 heterocycles. The van der Waals surface area contributed by atoms with Crippen molar-refractivity contribution in [2.75, 3.05) is 39.0 Å². The van der Waals surface area contributed by atoms with Crippen molar-refractivity contribution in [3.63, 3.8) is 0 Å². The molecule has 0 bridgehead atoms. The van der Waals surface area contributed by atoms with E-state index in [1.165, 1.54) is 12.4 Å². The van der Waals surface area contributed by atoms with Crippen LogP contribution in [0.1, 0.15) is 31.2 Å². The lowest BCUT2D eigenvalue weighted by Gasteiger charge is -2.46. The first kappa shape index (κ1) is 24.2. The summed E-state index contributed by atoms with van der Waals surface area (Å²) in [5, 5.41) is 6.00. The van der Waals surface area contributed by atoms with Gasteiger partial charge in [0.1, 0.15) is 12.1 Å². The Labute approximate surface area is 195 Å². The second kappa shape index (κ2) is 9.73. The average molecular weight is 479 g/mol. The van der Waals surface area contributed by atoms with Crippen LogP contribution >= 0.6 is 0 Å². The summed E-state index contributed by atoms with van der Waals surface area (Å²) in [7, 11) is 3.58. The Bertz CT molecular complexity index is 1050. The van der Waals surface area contributed by atoms with E-state index < -0.39 is 11.7 Å². The Morgan fingerprint density at radius 2 is 1.82 bits per heavy atom. The van der Waals surface area contributed by atoms with Gasteiger partial charge in [0, 0.05) is 44.5 Å². The minimum Gasteiger partial charge on any atom is -0.360 e. The molecule has 11 heteroatoms. The van der Waals surface area contributed by atoms with Crippen LogP contribution in [0.15, 0.2) is 24.5 Å². The van der Waals surface area contributed by atoms with E-state index in [-0.39, 0.29) is 41.5 Å². The third-order valence-corrected chi connectivity index (χ3v) is 6.66. The standard InChI is InChI=1S/C23H29F3N6O2/c1-31(2)22(34)14-3-6-17(7-4-14)32-11-16(12-32)30-20(33)10-27-21-18-9-15(23(24,25)26)5-8-19(18)28-13-29-21/h5,8-9,13-14,16-17H,3-4,6-7,10-12H2,1-2H3,(H,30,33)(H,27,28,29)/t14-,17-. The molecule has 0 unspecified atom stereocenters. The fraction of sp³-hybridized carbons (Fsp3) is 0.565. The van der Waals surface area contributed by atoms with Gasteiger partial charge in [-0.15, -0.1) is 0 Å². The summed E-state index contributed by atoms with van der Waals surface area (Å²) in [6.45, 7) is 1.42. The number of alkyl halides is 3. The SMILES string of the molecule is CN(C)C(=O)[C@H]1CC[C@H](N2CC(NC(=O)CNc3ncnc4ccc(C(F)(F)F)cc34)C2)CC1. The van der Waals surface area contributed by atoms with E-state index in [9.17, 15) is 22.8 Å². The maximum atomic E-state index is 13.1. The lowest BCUT2D eigenvalue weighted by atomic mass is 9.83. The highest BCUT2D eigenvalue weighted by Gasteiger charge is 2.36. The lowest BCUT2D eigenvalue weighted by molar-refractivity contribution is -0.137. The van der Waals surface area contributed by atoms with Crippen molar-refractivity contribution < 1.29 is 22.8 Å². The van der Waals surface area contributed by atoms with Crippen molar-refractivity contribution in [3.8, 4) is 0 Å². The number of aromatic nitrogens is 2. The Kier molecular flexibility index (Phi) is 6.92. The van der Waals surface area contributed by atoms with Crippen LogP contribution in [0.2, 0.25) is 0 Å². The van der Waals surface area contributed by atoms with Crippen molar-refractivity contribution >= 4 is 28.5 Å². The predicted octanol–water partition coefficient (Wildman–Crippen LogP) is 2.51.